The molecule has 2 rings (SSSR count). The van der Waals surface area contributed by atoms with Gasteiger partial charge in [-0.3, -0.25) is 0 Å². The molecule has 0 aromatic heterocycles. The Morgan fingerprint density at radius 1 is 1.00 bits per heavy atom. The second kappa shape index (κ2) is 5.99. The standard InChI is InChI=1S/C14H21O/c1-2-5-9-13(10-6-3-1)15-14-11-7-4-8-12-14/h4,7,11-13H,1-3,5-6,8-10H2. The van der Waals surface area contributed by atoms with E-state index in [1.54, 1.807) is 0 Å². The molecule has 0 aliphatic heterocycles. The van der Waals surface area contributed by atoms with Crippen molar-refractivity contribution in [1.29, 1.82) is 0 Å². The molecule has 1 fully saturated rings. The van der Waals surface area contributed by atoms with Gasteiger partial charge >= 0.3 is 0 Å². The molecule has 0 unspecified atom stereocenters. The van der Waals surface area contributed by atoms with Gasteiger partial charge in [0.1, 0.15) is 5.76 Å². The van der Waals surface area contributed by atoms with Gasteiger partial charge in [-0.1, -0.05) is 31.4 Å². The highest BCUT2D eigenvalue weighted by atomic mass is 16.5. The Bertz CT molecular complexity index is 232. The highest BCUT2D eigenvalue weighted by Gasteiger charge is 2.14. The highest BCUT2D eigenvalue weighted by molar-refractivity contribution is 5.21. The van der Waals surface area contributed by atoms with Crippen LogP contribution in [-0.2, 0) is 4.74 Å². The largest absolute Gasteiger partial charge is 0.494 e. The van der Waals surface area contributed by atoms with Crippen LogP contribution in [0, 0.1) is 6.42 Å². The van der Waals surface area contributed by atoms with Crippen molar-refractivity contribution in [3.63, 3.8) is 0 Å². The summed E-state index contributed by atoms with van der Waals surface area (Å²) in [7, 11) is 0. The van der Waals surface area contributed by atoms with E-state index in [0.717, 1.165) is 12.2 Å². The van der Waals surface area contributed by atoms with E-state index in [2.05, 4.69) is 24.6 Å². The molecule has 83 valence electrons. The monoisotopic (exact) mass is 205 g/mol. The van der Waals surface area contributed by atoms with Crippen LogP contribution < -0.4 is 0 Å². The van der Waals surface area contributed by atoms with Crippen LogP contribution in [0.2, 0.25) is 0 Å². The van der Waals surface area contributed by atoms with Gasteiger partial charge in [0.2, 0.25) is 0 Å². The summed E-state index contributed by atoms with van der Waals surface area (Å²) in [5, 5.41) is 0. The lowest BCUT2D eigenvalue weighted by Crippen LogP contribution is -2.15. The number of hydrogen-bond donors (Lipinski definition) is 0. The van der Waals surface area contributed by atoms with E-state index in [1.165, 1.54) is 44.9 Å². The summed E-state index contributed by atoms with van der Waals surface area (Å²) in [5.41, 5.74) is 0. The van der Waals surface area contributed by atoms with E-state index < -0.39 is 0 Å². The molecule has 0 amide bonds. The van der Waals surface area contributed by atoms with Crippen molar-refractivity contribution in [2.24, 2.45) is 0 Å². The lowest BCUT2D eigenvalue weighted by atomic mass is 9.98. The molecular weight excluding hydrogens is 184 g/mol. The van der Waals surface area contributed by atoms with E-state index in [4.69, 9.17) is 4.74 Å². The van der Waals surface area contributed by atoms with Crippen LogP contribution in [-0.4, -0.2) is 6.10 Å². The van der Waals surface area contributed by atoms with Crippen molar-refractivity contribution in [3.8, 4) is 0 Å². The fourth-order valence-corrected chi connectivity index (χ4v) is 2.31. The molecule has 0 saturated heterocycles. The van der Waals surface area contributed by atoms with Crippen molar-refractivity contribution in [2.45, 2.75) is 57.5 Å². The minimum atomic E-state index is 0.472. The molecule has 1 saturated carbocycles. The average molecular weight is 205 g/mol. The molecule has 2 aliphatic carbocycles. The normalized spacial score (nSPS) is 24.1. The second-order valence-corrected chi connectivity index (χ2v) is 4.52. The minimum Gasteiger partial charge on any atom is -0.494 e. The van der Waals surface area contributed by atoms with Gasteiger partial charge in [0, 0.05) is 6.42 Å². The van der Waals surface area contributed by atoms with Crippen LogP contribution in [0.1, 0.15) is 51.4 Å². The molecule has 1 heteroatoms. The molecular formula is C14H21O. The second-order valence-electron chi connectivity index (χ2n) is 4.52. The summed E-state index contributed by atoms with van der Waals surface area (Å²) in [6.07, 6.45) is 19.4. The molecule has 0 atom stereocenters. The number of allylic oxidation sites excluding steroid dienone is 4. The van der Waals surface area contributed by atoms with Gasteiger partial charge in [0.15, 0.2) is 0 Å². The van der Waals surface area contributed by atoms with Crippen LogP contribution in [0.5, 0.6) is 0 Å². The summed E-state index contributed by atoms with van der Waals surface area (Å²) in [6.45, 7) is 0. The summed E-state index contributed by atoms with van der Waals surface area (Å²) < 4.78 is 6.02. The lowest BCUT2D eigenvalue weighted by Gasteiger charge is -2.23. The Labute approximate surface area is 93.2 Å². The maximum absolute atomic E-state index is 6.02. The van der Waals surface area contributed by atoms with E-state index in [9.17, 15) is 0 Å². The minimum absolute atomic E-state index is 0.472. The first-order valence-corrected chi connectivity index (χ1v) is 6.32. The third-order valence-electron chi connectivity index (χ3n) is 3.21. The first-order valence-electron chi connectivity index (χ1n) is 6.32. The van der Waals surface area contributed by atoms with Gasteiger partial charge in [-0.15, -0.1) is 0 Å². The maximum Gasteiger partial charge on any atom is 0.100 e. The van der Waals surface area contributed by atoms with Gasteiger partial charge < -0.3 is 4.74 Å². The van der Waals surface area contributed by atoms with Crippen LogP contribution in [0.4, 0.5) is 0 Å². The van der Waals surface area contributed by atoms with Crippen molar-refractivity contribution in [1.82, 2.24) is 0 Å². The lowest BCUT2D eigenvalue weighted by molar-refractivity contribution is 0.0950. The summed E-state index contributed by atoms with van der Waals surface area (Å²) in [6, 6.07) is 0. The Morgan fingerprint density at radius 2 is 1.73 bits per heavy atom. The molecule has 0 N–H and O–H groups in total. The van der Waals surface area contributed by atoms with E-state index >= 15 is 0 Å². The molecule has 0 bridgehead atoms. The molecule has 0 aromatic rings. The van der Waals surface area contributed by atoms with Crippen molar-refractivity contribution in [2.75, 3.05) is 0 Å². The Hall–Kier alpha value is -0.720. The van der Waals surface area contributed by atoms with E-state index in [-0.39, 0.29) is 0 Å². The molecule has 1 radical (unpaired) electrons. The van der Waals surface area contributed by atoms with Gasteiger partial charge in [-0.05, 0) is 38.2 Å². The summed E-state index contributed by atoms with van der Waals surface area (Å²) in [4.78, 5) is 0. The topological polar surface area (TPSA) is 9.23 Å². The van der Waals surface area contributed by atoms with Crippen molar-refractivity contribution in [3.05, 3.63) is 30.4 Å². The number of rotatable bonds is 2. The smallest absolute Gasteiger partial charge is 0.100 e. The van der Waals surface area contributed by atoms with Gasteiger partial charge in [0.05, 0.1) is 6.10 Å². The van der Waals surface area contributed by atoms with Crippen LogP contribution in [0.25, 0.3) is 0 Å². The van der Waals surface area contributed by atoms with E-state index in [1.807, 2.05) is 0 Å². The third kappa shape index (κ3) is 3.73. The van der Waals surface area contributed by atoms with Crippen LogP contribution in [0.15, 0.2) is 24.0 Å². The first-order chi connectivity index (χ1) is 7.45. The Balaban J connectivity index is 1.80. The molecule has 0 aromatic carbocycles. The average Bonchev–Trinajstić information content (AvgIpc) is 2.23. The molecule has 0 spiro atoms. The van der Waals surface area contributed by atoms with Gasteiger partial charge in [0.25, 0.3) is 0 Å². The van der Waals surface area contributed by atoms with Crippen molar-refractivity contribution < 1.29 is 4.74 Å². The van der Waals surface area contributed by atoms with Crippen LogP contribution in [0.3, 0.4) is 0 Å². The quantitative estimate of drug-likeness (QED) is 0.657. The molecule has 15 heavy (non-hydrogen) atoms. The Morgan fingerprint density at radius 3 is 2.40 bits per heavy atom. The number of hydrogen-bond acceptors (Lipinski definition) is 1. The van der Waals surface area contributed by atoms with Crippen molar-refractivity contribution >= 4 is 0 Å². The highest BCUT2D eigenvalue weighted by Crippen LogP contribution is 2.23. The zero-order valence-corrected chi connectivity index (χ0v) is 9.45. The van der Waals surface area contributed by atoms with E-state index in [0.29, 0.717) is 6.10 Å². The zero-order chi connectivity index (χ0) is 10.3. The van der Waals surface area contributed by atoms with Gasteiger partial charge in [-0.25, -0.2) is 0 Å². The predicted molar refractivity (Wildman–Crippen MR) is 63.3 cm³/mol. The SMILES string of the molecule is [CH]1CC=CC=C1OC1CCCCCCC1. The Kier molecular flexibility index (Phi) is 4.31. The van der Waals surface area contributed by atoms with Gasteiger partial charge in [-0.2, -0.15) is 0 Å². The summed E-state index contributed by atoms with van der Waals surface area (Å²) >= 11 is 0. The first kappa shape index (κ1) is 10.8. The molecule has 1 nitrogen and oxygen atoms in total. The predicted octanol–water partition coefficient (Wildman–Crippen LogP) is 4.16. The fraction of sp³-hybridized carbons (Fsp3) is 0.643. The maximum atomic E-state index is 6.02. The number of ether oxygens (including phenoxy) is 1. The zero-order valence-electron chi connectivity index (χ0n) is 9.45. The van der Waals surface area contributed by atoms with Crippen LogP contribution >= 0.6 is 0 Å². The fourth-order valence-electron chi connectivity index (χ4n) is 2.31. The third-order valence-corrected chi connectivity index (χ3v) is 3.21. The molecule has 0 heterocycles. The summed E-state index contributed by atoms with van der Waals surface area (Å²) in [5.74, 6) is 1.09. The molecule has 2 aliphatic rings.